The van der Waals surface area contributed by atoms with Crippen molar-refractivity contribution in [3.05, 3.63) is 153 Å². The van der Waals surface area contributed by atoms with E-state index in [2.05, 4.69) is 9.97 Å². The highest BCUT2D eigenvalue weighted by Gasteiger charge is 2.36. The molecule has 2 N–H and O–H groups in total. The molecule has 0 saturated heterocycles. The van der Waals surface area contributed by atoms with Crippen LogP contribution in [0, 0.1) is 0 Å². The molecule has 0 bridgehead atoms. The van der Waals surface area contributed by atoms with E-state index in [1.807, 2.05) is 97.1 Å². The van der Waals surface area contributed by atoms with Crippen LogP contribution in [0.3, 0.4) is 0 Å². The minimum Gasteiger partial charge on any atom is -0.503 e. The quantitative estimate of drug-likeness (QED) is 0.179. The molecule has 2 aromatic heterocycles. The number of amides is 2. The van der Waals surface area contributed by atoms with Crippen LogP contribution in [0.15, 0.2) is 131 Å². The second-order valence-electron chi connectivity index (χ2n) is 10.7. The predicted octanol–water partition coefficient (Wildman–Crippen LogP) is 8.37. The largest absolute Gasteiger partial charge is 0.503 e. The van der Waals surface area contributed by atoms with Crippen LogP contribution < -0.4 is 0 Å². The molecule has 7 rings (SSSR count). The molecule has 3 heterocycles. The number of rotatable bonds is 8. The summed E-state index contributed by atoms with van der Waals surface area (Å²) in [6.45, 7) is 0.373. The molecular formula is C35H28N4O3S2. The number of thiazole rings is 2. The third-order valence-corrected chi connectivity index (χ3v) is 9.40. The second-order valence-corrected chi connectivity index (χ2v) is 12.5. The normalized spacial score (nSPS) is 14.2. The summed E-state index contributed by atoms with van der Waals surface area (Å²) in [5, 5.41) is 23.5. The van der Waals surface area contributed by atoms with Crippen molar-refractivity contribution in [1.82, 2.24) is 19.8 Å². The molecule has 0 aliphatic carbocycles. The lowest BCUT2D eigenvalue weighted by molar-refractivity contribution is 0.171. The molecule has 218 valence electrons. The van der Waals surface area contributed by atoms with Gasteiger partial charge in [0.15, 0.2) is 11.5 Å². The molecule has 0 atom stereocenters. The van der Waals surface area contributed by atoms with Crippen molar-refractivity contribution >= 4 is 49.1 Å². The van der Waals surface area contributed by atoms with Gasteiger partial charge >= 0.3 is 6.03 Å². The number of nitrogens with zero attached hydrogens (tertiary/aromatic N) is 4. The fourth-order valence-corrected chi connectivity index (χ4v) is 6.85. The Hall–Kier alpha value is -4.99. The number of aromatic nitrogens is 2. The average Bonchev–Trinajstić information content (AvgIpc) is 3.72. The average molecular weight is 617 g/mol. The molecule has 6 aromatic rings. The van der Waals surface area contributed by atoms with Gasteiger partial charge in [0.1, 0.15) is 0 Å². The Bertz CT molecular complexity index is 1890. The summed E-state index contributed by atoms with van der Waals surface area (Å²) >= 11 is 3.12. The Labute approximate surface area is 262 Å². The Morgan fingerprint density at radius 2 is 1.00 bits per heavy atom. The molecule has 44 heavy (non-hydrogen) atoms. The van der Waals surface area contributed by atoms with E-state index >= 15 is 0 Å². The summed E-state index contributed by atoms with van der Waals surface area (Å²) < 4.78 is 2.12. The maximum absolute atomic E-state index is 14.8. The van der Waals surface area contributed by atoms with Gasteiger partial charge in [-0.15, -0.1) is 22.7 Å². The van der Waals surface area contributed by atoms with Crippen LogP contribution in [-0.2, 0) is 25.9 Å². The van der Waals surface area contributed by atoms with E-state index < -0.39 is 0 Å². The number of aliphatic hydroxyl groups excluding tert-OH is 2. The van der Waals surface area contributed by atoms with Crippen LogP contribution in [-0.4, -0.2) is 36.0 Å². The van der Waals surface area contributed by atoms with Crippen molar-refractivity contribution in [3.8, 4) is 0 Å². The third kappa shape index (κ3) is 5.55. The van der Waals surface area contributed by atoms with Crippen LogP contribution >= 0.6 is 22.7 Å². The zero-order chi connectivity index (χ0) is 30.0. The van der Waals surface area contributed by atoms with E-state index in [0.717, 1.165) is 42.7 Å². The number of hydrogen-bond donors (Lipinski definition) is 2. The summed E-state index contributed by atoms with van der Waals surface area (Å²) in [5.74, 6) is -0.611. The summed E-state index contributed by atoms with van der Waals surface area (Å²) in [7, 11) is 0. The second kappa shape index (κ2) is 11.9. The summed E-state index contributed by atoms with van der Waals surface area (Å²) in [5.41, 5.74) is 9.52. The molecule has 7 nitrogen and oxygen atoms in total. The lowest BCUT2D eigenvalue weighted by Gasteiger charge is -2.31. The third-order valence-electron chi connectivity index (χ3n) is 7.78. The number of aliphatic hydroxyl groups is 2. The first-order valence-electron chi connectivity index (χ1n) is 14.2. The van der Waals surface area contributed by atoms with Crippen LogP contribution in [0.4, 0.5) is 4.79 Å². The van der Waals surface area contributed by atoms with Gasteiger partial charge < -0.3 is 10.2 Å². The minimum atomic E-state index is -0.339. The van der Waals surface area contributed by atoms with Gasteiger partial charge in [0, 0.05) is 12.8 Å². The molecular weight excluding hydrogens is 589 g/mol. The summed E-state index contributed by atoms with van der Waals surface area (Å²) in [4.78, 5) is 26.9. The fraction of sp³-hybridized carbons (Fsp3) is 0.114. The summed E-state index contributed by atoms with van der Waals surface area (Å²) in [6, 6.07) is 30.9. The Kier molecular flexibility index (Phi) is 7.55. The van der Waals surface area contributed by atoms with E-state index in [9.17, 15) is 15.0 Å². The van der Waals surface area contributed by atoms with Gasteiger partial charge in [0.2, 0.25) is 0 Å². The molecule has 0 radical (unpaired) electrons. The van der Waals surface area contributed by atoms with E-state index in [1.54, 1.807) is 43.5 Å². The van der Waals surface area contributed by atoms with E-state index in [-0.39, 0.29) is 43.5 Å². The lowest BCUT2D eigenvalue weighted by Crippen LogP contribution is -2.41. The Morgan fingerprint density at radius 1 is 0.568 bits per heavy atom. The number of urea groups is 1. The van der Waals surface area contributed by atoms with Gasteiger partial charge in [-0.05, 0) is 46.5 Å². The standard InChI is InChI=1S/C35H28N4O3S2/c40-33-29(17-23-7-3-1-4-8-23)38(19-25-11-13-31-27(15-25)36-21-43-31)35(42)39(20-26-12-14-32-28(16-26)37-22-44-32)30(34(33)41)18-24-9-5-2-6-10-24/h1-16,21-22,40-41H,17-20H2. The zero-order valence-electron chi connectivity index (χ0n) is 23.6. The van der Waals surface area contributed by atoms with E-state index in [4.69, 9.17) is 0 Å². The molecule has 0 unspecified atom stereocenters. The van der Waals surface area contributed by atoms with Gasteiger partial charge in [-0.2, -0.15) is 0 Å². The van der Waals surface area contributed by atoms with Crippen molar-refractivity contribution in [2.75, 3.05) is 0 Å². The first-order valence-corrected chi connectivity index (χ1v) is 15.9. The van der Waals surface area contributed by atoms with Crippen LogP contribution in [0.5, 0.6) is 0 Å². The first kappa shape index (κ1) is 27.8. The number of carbonyl (C=O) groups excluding carboxylic acids is 1. The number of carbonyl (C=O) groups is 1. The molecule has 9 heteroatoms. The number of fused-ring (bicyclic) bond motifs is 2. The molecule has 0 spiro atoms. The summed E-state index contributed by atoms with van der Waals surface area (Å²) in [6.07, 6.45) is 0.497. The monoisotopic (exact) mass is 616 g/mol. The fourth-order valence-electron chi connectivity index (χ4n) is 5.54. The van der Waals surface area contributed by atoms with Crippen molar-refractivity contribution in [1.29, 1.82) is 0 Å². The van der Waals surface area contributed by atoms with Crippen LogP contribution in [0.25, 0.3) is 20.4 Å². The predicted molar refractivity (Wildman–Crippen MR) is 175 cm³/mol. The molecule has 2 amide bonds. The van der Waals surface area contributed by atoms with Crippen LogP contribution in [0.2, 0.25) is 0 Å². The van der Waals surface area contributed by atoms with Gasteiger partial charge in [0.25, 0.3) is 0 Å². The van der Waals surface area contributed by atoms with Gasteiger partial charge in [-0.25, -0.2) is 14.8 Å². The van der Waals surface area contributed by atoms with Crippen molar-refractivity contribution in [2.24, 2.45) is 0 Å². The molecule has 4 aromatic carbocycles. The van der Waals surface area contributed by atoms with E-state index in [0.29, 0.717) is 11.4 Å². The molecule has 1 aliphatic heterocycles. The number of allylic oxidation sites excluding steroid dienone is 2. The number of hydrogen-bond acceptors (Lipinski definition) is 7. The zero-order valence-corrected chi connectivity index (χ0v) is 25.3. The smallest absolute Gasteiger partial charge is 0.329 e. The Balaban J connectivity index is 1.35. The highest BCUT2D eigenvalue weighted by Crippen LogP contribution is 2.33. The van der Waals surface area contributed by atoms with Crippen molar-refractivity contribution in [3.63, 3.8) is 0 Å². The van der Waals surface area contributed by atoms with Gasteiger partial charge in [-0.1, -0.05) is 72.8 Å². The highest BCUT2D eigenvalue weighted by molar-refractivity contribution is 7.17. The molecule has 0 saturated carbocycles. The molecule has 1 aliphatic rings. The van der Waals surface area contributed by atoms with E-state index in [1.165, 1.54) is 0 Å². The van der Waals surface area contributed by atoms with Gasteiger partial charge in [0.05, 0.1) is 55.9 Å². The highest BCUT2D eigenvalue weighted by atomic mass is 32.1. The SMILES string of the molecule is O=C1N(Cc2ccc3scnc3c2)C(Cc2ccccc2)=C(O)C(O)=C(Cc2ccccc2)N1Cc1ccc2scnc2c1. The minimum absolute atomic E-state index is 0.187. The molecule has 0 fully saturated rings. The van der Waals surface area contributed by atoms with Gasteiger partial charge in [-0.3, -0.25) is 9.80 Å². The lowest BCUT2D eigenvalue weighted by atomic mass is 10.0. The topological polar surface area (TPSA) is 89.8 Å². The number of benzene rings is 4. The Morgan fingerprint density at radius 3 is 1.43 bits per heavy atom. The van der Waals surface area contributed by atoms with Crippen molar-refractivity contribution in [2.45, 2.75) is 25.9 Å². The maximum Gasteiger partial charge on any atom is 0.329 e. The maximum atomic E-state index is 14.8. The van der Waals surface area contributed by atoms with Crippen LogP contribution in [0.1, 0.15) is 22.3 Å². The first-order chi connectivity index (χ1) is 21.5. The van der Waals surface area contributed by atoms with Crippen molar-refractivity contribution < 1.29 is 15.0 Å².